The maximum absolute atomic E-state index is 11.9. The molecule has 1 aliphatic heterocycles. The molecule has 0 aromatic heterocycles. The van der Waals surface area contributed by atoms with Crippen molar-refractivity contribution in [1.29, 1.82) is 0 Å². The molecule has 2 aromatic rings. The average molecular weight is 1200 g/mol. The van der Waals surface area contributed by atoms with Gasteiger partial charge >= 0.3 is 166 Å². The number of nitrogens with zero attached hydrogens (tertiary/aromatic N) is 2. The summed E-state index contributed by atoms with van der Waals surface area (Å²) in [5, 5.41) is 2.87. The number of allylic oxidation sites excluding steroid dienone is 2. The first-order chi connectivity index (χ1) is 41.4. The second kappa shape index (κ2) is 56.3. The van der Waals surface area contributed by atoms with Crippen LogP contribution in [0.5, 0.6) is 0 Å². The SMILES string of the molecule is CCCCCC1=C(c2cc(CC)c(CCCC)c(CC)c2)[N+](=[N-])C(c2cc(CC)c(CCCC)c(CC)c2)=C1.CCCCCCCCCCCCCCCCCCCCC[CH2][Ni][CH2]CCCCCCCCCCCCCCCCCCCCC. The van der Waals surface area contributed by atoms with Crippen LogP contribution in [0.15, 0.2) is 35.9 Å². The molecule has 1 heterocycles. The first-order valence-corrected chi connectivity index (χ1v) is 39.5. The van der Waals surface area contributed by atoms with Crippen molar-refractivity contribution in [3.05, 3.63) is 86.0 Å². The third kappa shape index (κ3) is 36.5. The Morgan fingerprint density at radius 2 is 0.536 bits per heavy atom. The van der Waals surface area contributed by atoms with Gasteiger partial charge in [-0.05, 0) is 122 Å². The van der Waals surface area contributed by atoms with E-state index in [0.29, 0.717) is 0 Å². The third-order valence-electron chi connectivity index (χ3n) is 18.8. The van der Waals surface area contributed by atoms with Crippen molar-refractivity contribution in [2.45, 2.75) is 420 Å². The van der Waals surface area contributed by atoms with E-state index in [2.05, 4.69) is 92.7 Å². The normalized spacial score (nSPS) is 12.5. The number of hydrogen-bond acceptors (Lipinski definition) is 0. The molecule has 0 radical (unpaired) electrons. The van der Waals surface area contributed by atoms with Gasteiger partial charge in [-0.1, -0.05) is 204 Å². The van der Waals surface area contributed by atoms with Gasteiger partial charge in [0.25, 0.3) is 0 Å². The molecular formula is C81H144N2Ni. The van der Waals surface area contributed by atoms with E-state index in [1.165, 1.54) is 355 Å². The molecular weight excluding hydrogens is 1060 g/mol. The van der Waals surface area contributed by atoms with Gasteiger partial charge in [0.2, 0.25) is 11.4 Å². The van der Waals surface area contributed by atoms with Crippen molar-refractivity contribution in [2.75, 3.05) is 0 Å². The Kier molecular flexibility index (Phi) is 52.3. The van der Waals surface area contributed by atoms with Crippen LogP contribution in [0.25, 0.3) is 16.9 Å². The molecule has 0 unspecified atom stereocenters. The molecule has 0 amide bonds. The minimum atomic E-state index is 0.939. The summed E-state index contributed by atoms with van der Waals surface area (Å²) in [4.78, 5) is 0. The predicted octanol–water partition coefficient (Wildman–Crippen LogP) is 28.6. The van der Waals surface area contributed by atoms with E-state index in [-0.39, 0.29) is 0 Å². The van der Waals surface area contributed by atoms with E-state index in [4.69, 9.17) is 0 Å². The smallest absolute Gasteiger partial charge is 0.0654 e. The van der Waals surface area contributed by atoms with Crippen molar-refractivity contribution < 1.29 is 19.1 Å². The Labute approximate surface area is 533 Å². The molecule has 3 rings (SSSR count). The third-order valence-corrected chi connectivity index (χ3v) is 20.2. The second-order valence-electron chi connectivity index (χ2n) is 26.2. The van der Waals surface area contributed by atoms with Crippen molar-refractivity contribution in [2.24, 2.45) is 0 Å². The minimum absolute atomic E-state index is 0.939. The van der Waals surface area contributed by atoms with Crippen molar-refractivity contribution >= 4 is 11.4 Å². The van der Waals surface area contributed by atoms with E-state index in [1.54, 1.807) is 0 Å². The standard InChI is InChI=1S/C37H54N2.2C22H45.Ni/c1-8-15-18-19-31-26-36(32-22-27(11-4)34(20-16-9-2)28(12-5)23-32)39(38)37(31)33-24-29(13-6)35(21-17-10-3)30(14-7)25-33;2*1-3-5-7-9-11-13-15-17-19-21-22-20-18-16-14-12-10-8-6-4-2;/h22-26H,8-21H2,1-7H3;2*1,3-22H2,2H3;. The summed E-state index contributed by atoms with van der Waals surface area (Å²) in [5.41, 5.74) is 26.3. The van der Waals surface area contributed by atoms with Gasteiger partial charge in [-0.15, -0.1) is 0 Å². The molecule has 488 valence electrons. The summed E-state index contributed by atoms with van der Waals surface area (Å²) in [6.45, 7) is 20.5. The molecule has 0 bridgehead atoms. The number of hydrogen-bond donors (Lipinski definition) is 0. The zero-order chi connectivity index (χ0) is 60.8. The van der Waals surface area contributed by atoms with Gasteiger partial charge in [-0.25, -0.2) is 4.70 Å². The number of aryl methyl sites for hydroxylation is 4. The zero-order valence-electron chi connectivity index (χ0n) is 58.2. The topological polar surface area (TPSA) is 25.3 Å². The summed E-state index contributed by atoms with van der Waals surface area (Å²) < 4.78 is 1.53. The summed E-state index contributed by atoms with van der Waals surface area (Å²) >= 11 is 2.05. The van der Waals surface area contributed by atoms with Gasteiger partial charge in [0.05, 0.1) is 0 Å². The molecule has 3 heteroatoms. The fraction of sp³-hybridized carbons (Fsp3) is 0.802. The molecule has 0 spiro atoms. The predicted molar refractivity (Wildman–Crippen MR) is 376 cm³/mol. The molecule has 84 heavy (non-hydrogen) atoms. The van der Waals surface area contributed by atoms with Crippen molar-refractivity contribution in [3.63, 3.8) is 0 Å². The summed E-state index contributed by atoms with van der Waals surface area (Å²) in [7, 11) is 0. The van der Waals surface area contributed by atoms with Crippen LogP contribution < -0.4 is 0 Å². The Morgan fingerprint density at radius 3 is 0.810 bits per heavy atom. The van der Waals surface area contributed by atoms with Crippen molar-refractivity contribution in [3.8, 4) is 0 Å². The molecule has 0 aliphatic carbocycles. The van der Waals surface area contributed by atoms with Gasteiger partial charge in [0.15, 0.2) is 0 Å². The number of rotatable bonds is 58. The van der Waals surface area contributed by atoms with Gasteiger partial charge in [-0.2, -0.15) is 0 Å². The second-order valence-corrected chi connectivity index (χ2v) is 27.7. The monoisotopic (exact) mass is 1200 g/mol. The van der Waals surface area contributed by atoms with Gasteiger partial charge in [0, 0.05) is 22.8 Å². The van der Waals surface area contributed by atoms with E-state index in [0.717, 1.165) is 68.3 Å². The van der Waals surface area contributed by atoms with Crippen LogP contribution in [0.2, 0.25) is 10.8 Å². The molecule has 1 aliphatic rings. The van der Waals surface area contributed by atoms with E-state index in [1.807, 2.05) is 14.4 Å². The number of unbranched alkanes of at least 4 members (excludes halogenated alkanes) is 42. The minimum Gasteiger partial charge on any atom is -0.0654 e. The van der Waals surface area contributed by atoms with Crippen LogP contribution in [0.1, 0.15) is 415 Å². The maximum atomic E-state index is 11.9. The fourth-order valence-corrected chi connectivity index (χ4v) is 14.5. The van der Waals surface area contributed by atoms with Gasteiger partial charge in [-0.3, -0.25) is 0 Å². The van der Waals surface area contributed by atoms with E-state index >= 15 is 0 Å². The molecule has 0 saturated heterocycles. The summed E-state index contributed by atoms with van der Waals surface area (Å²) in [6, 6.07) is 9.47. The van der Waals surface area contributed by atoms with Crippen LogP contribution in [0.3, 0.4) is 0 Å². The Hall–Kier alpha value is -1.99. The first kappa shape index (κ1) is 78.1. The Balaban J connectivity index is 0.000000578. The number of benzene rings is 2. The van der Waals surface area contributed by atoms with Gasteiger partial charge < -0.3 is 5.53 Å². The molecule has 0 saturated carbocycles. The molecule has 0 fully saturated rings. The first-order valence-electron chi connectivity index (χ1n) is 38.1. The quantitative estimate of drug-likeness (QED) is 0.0358. The van der Waals surface area contributed by atoms with Crippen LogP contribution in [0.4, 0.5) is 0 Å². The zero-order valence-corrected chi connectivity index (χ0v) is 59.2. The summed E-state index contributed by atoms with van der Waals surface area (Å²) in [5.74, 6) is 0. The molecule has 2 nitrogen and oxygen atoms in total. The summed E-state index contributed by atoms with van der Waals surface area (Å²) in [6.07, 6.45) is 77.4. The van der Waals surface area contributed by atoms with E-state index < -0.39 is 0 Å². The molecule has 0 atom stereocenters. The van der Waals surface area contributed by atoms with Crippen LogP contribution >= 0.6 is 0 Å². The van der Waals surface area contributed by atoms with Crippen molar-refractivity contribution in [1.82, 2.24) is 0 Å². The molecule has 2 aromatic carbocycles. The Morgan fingerprint density at radius 1 is 0.286 bits per heavy atom. The Bertz CT molecular complexity index is 1830. The van der Waals surface area contributed by atoms with Crippen LogP contribution in [-0.4, -0.2) is 4.70 Å². The van der Waals surface area contributed by atoms with Crippen LogP contribution in [-0.2, 0) is 53.0 Å². The molecule has 0 N–H and O–H groups in total. The fourth-order valence-electron chi connectivity index (χ4n) is 13.2. The average Bonchev–Trinajstić information content (AvgIpc) is 3.44. The van der Waals surface area contributed by atoms with Crippen LogP contribution in [0, 0.1) is 0 Å². The van der Waals surface area contributed by atoms with E-state index in [9.17, 15) is 5.53 Å². The van der Waals surface area contributed by atoms with Gasteiger partial charge in [0.1, 0.15) is 0 Å².